The van der Waals surface area contributed by atoms with Crippen molar-refractivity contribution in [1.82, 2.24) is 19.2 Å². The molecule has 0 saturated heterocycles. The molecule has 0 atom stereocenters. The number of nitrogens with zero attached hydrogens (tertiary/aromatic N) is 4. The van der Waals surface area contributed by atoms with Crippen molar-refractivity contribution in [1.29, 1.82) is 0 Å². The molecule has 0 radical (unpaired) electrons. The minimum Gasteiger partial charge on any atom is -0.454 e. The molecule has 0 unspecified atom stereocenters. The van der Waals surface area contributed by atoms with Crippen LogP contribution < -0.4 is 15.2 Å². The summed E-state index contributed by atoms with van der Waals surface area (Å²) >= 11 is 0. The van der Waals surface area contributed by atoms with E-state index in [1.54, 1.807) is 16.8 Å². The van der Waals surface area contributed by atoms with Crippen LogP contribution in [0.5, 0.6) is 11.5 Å². The predicted molar refractivity (Wildman–Crippen MR) is 95.8 cm³/mol. The van der Waals surface area contributed by atoms with Crippen LogP contribution in [-0.4, -0.2) is 26.0 Å². The Balaban J connectivity index is 1.79. The number of hydrogen-bond donors (Lipinski definition) is 0. The van der Waals surface area contributed by atoms with Gasteiger partial charge in [0.15, 0.2) is 17.1 Å². The maximum absolute atomic E-state index is 13.1. The molecule has 0 bridgehead atoms. The average Bonchev–Trinajstić information content (AvgIpc) is 3.25. The Kier molecular flexibility index (Phi) is 3.21. The fraction of sp³-hybridized carbons (Fsp3) is 0.211. The first-order valence-electron chi connectivity index (χ1n) is 8.48. The van der Waals surface area contributed by atoms with E-state index in [0.29, 0.717) is 23.7 Å². The van der Waals surface area contributed by atoms with Crippen molar-refractivity contribution in [2.75, 3.05) is 6.79 Å². The number of hydrogen-bond acceptors (Lipinski definition) is 5. The van der Waals surface area contributed by atoms with Crippen LogP contribution in [0.1, 0.15) is 18.1 Å². The van der Waals surface area contributed by atoms with Gasteiger partial charge in [-0.15, -0.1) is 5.10 Å². The van der Waals surface area contributed by atoms with E-state index in [0.717, 1.165) is 28.5 Å². The van der Waals surface area contributed by atoms with Crippen LogP contribution >= 0.6 is 0 Å². The third-order valence-corrected chi connectivity index (χ3v) is 4.68. The van der Waals surface area contributed by atoms with Gasteiger partial charge in [0.25, 0.3) is 0 Å². The number of fused-ring (bicyclic) bond motifs is 4. The highest BCUT2D eigenvalue weighted by atomic mass is 16.7. The van der Waals surface area contributed by atoms with E-state index in [1.165, 1.54) is 4.68 Å². The number of aromatic nitrogens is 4. The summed E-state index contributed by atoms with van der Waals surface area (Å²) in [6, 6.07) is 9.60. The molecule has 1 aromatic carbocycles. The summed E-state index contributed by atoms with van der Waals surface area (Å²) in [6.45, 7) is 2.66. The predicted octanol–water partition coefficient (Wildman–Crippen LogP) is 2.38. The highest BCUT2D eigenvalue weighted by Gasteiger charge is 2.19. The van der Waals surface area contributed by atoms with E-state index in [-0.39, 0.29) is 12.5 Å². The molecular weight excluding hydrogens is 332 g/mol. The summed E-state index contributed by atoms with van der Waals surface area (Å²) in [6.07, 6.45) is 4.20. The normalized spacial score (nSPS) is 13.0. The van der Waals surface area contributed by atoms with E-state index in [9.17, 15) is 4.79 Å². The molecule has 5 rings (SSSR count). The Morgan fingerprint density at radius 3 is 2.65 bits per heavy atom. The minimum absolute atomic E-state index is 0.170. The molecule has 26 heavy (non-hydrogen) atoms. The Bertz CT molecular complexity index is 1190. The Hall–Kier alpha value is -3.35. The fourth-order valence-corrected chi connectivity index (χ4v) is 3.37. The quantitative estimate of drug-likeness (QED) is 0.568. The van der Waals surface area contributed by atoms with Crippen molar-refractivity contribution in [3.63, 3.8) is 0 Å². The monoisotopic (exact) mass is 348 g/mol. The zero-order valence-corrected chi connectivity index (χ0v) is 14.2. The summed E-state index contributed by atoms with van der Waals surface area (Å²) in [5.74, 6) is 1.35. The van der Waals surface area contributed by atoms with Crippen LogP contribution in [0, 0.1) is 0 Å². The van der Waals surface area contributed by atoms with Crippen molar-refractivity contribution in [2.45, 2.75) is 19.9 Å². The van der Waals surface area contributed by atoms with Crippen molar-refractivity contribution >= 4 is 16.6 Å². The zero-order chi connectivity index (χ0) is 17.7. The van der Waals surface area contributed by atoms with Gasteiger partial charge in [0.1, 0.15) is 0 Å². The fourth-order valence-electron chi connectivity index (χ4n) is 3.37. The minimum atomic E-state index is -0.170. The van der Waals surface area contributed by atoms with Gasteiger partial charge in [0.05, 0.1) is 12.1 Å². The zero-order valence-electron chi connectivity index (χ0n) is 14.2. The van der Waals surface area contributed by atoms with Gasteiger partial charge >= 0.3 is 5.69 Å². The van der Waals surface area contributed by atoms with Crippen LogP contribution in [0.3, 0.4) is 0 Å². The number of pyridine rings is 2. The second-order valence-corrected chi connectivity index (χ2v) is 6.24. The molecule has 1 aliphatic rings. The SMILES string of the molecule is CCc1cc2cc3c(cc2n2c(=O)n(Cc4ccncc4)nc12)OCO3. The molecule has 4 aromatic rings. The molecule has 0 fully saturated rings. The molecular formula is C19H16N4O3. The van der Waals surface area contributed by atoms with Gasteiger partial charge < -0.3 is 9.47 Å². The first-order chi connectivity index (χ1) is 12.7. The second kappa shape index (κ2) is 5.59. The summed E-state index contributed by atoms with van der Waals surface area (Å²) in [7, 11) is 0. The largest absolute Gasteiger partial charge is 0.454 e. The Morgan fingerprint density at radius 1 is 1.12 bits per heavy atom. The summed E-state index contributed by atoms with van der Waals surface area (Å²) in [5.41, 5.74) is 3.27. The molecule has 0 N–H and O–H groups in total. The maximum atomic E-state index is 13.1. The van der Waals surface area contributed by atoms with Crippen molar-refractivity contribution in [2.24, 2.45) is 0 Å². The molecule has 130 valence electrons. The molecule has 4 heterocycles. The lowest BCUT2D eigenvalue weighted by Crippen LogP contribution is -2.22. The van der Waals surface area contributed by atoms with Gasteiger partial charge in [-0.1, -0.05) is 6.92 Å². The topological polar surface area (TPSA) is 70.7 Å². The molecule has 0 aliphatic carbocycles. The van der Waals surface area contributed by atoms with Crippen molar-refractivity contribution < 1.29 is 9.47 Å². The van der Waals surface area contributed by atoms with E-state index in [2.05, 4.69) is 23.1 Å². The van der Waals surface area contributed by atoms with Crippen LogP contribution in [0.4, 0.5) is 0 Å². The first-order valence-corrected chi connectivity index (χ1v) is 8.48. The molecule has 7 heteroatoms. The molecule has 7 nitrogen and oxygen atoms in total. The van der Waals surface area contributed by atoms with Gasteiger partial charge in [-0.3, -0.25) is 4.98 Å². The standard InChI is InChI=1S/C19H16N4O3/c1-2-13-7-14-8-16-17(26-11-25-16)9-15(14)23-18(13)21-22(19(23)24)10-12-3-5-20-6-4-12/h3-9H,2,10-11H2,1H3. The Labute approximate surface area is 148 Å². The Morgan fingerprint density at radius 2 is 1.88 bits per heavy atom. The van der Waals surface area contributed by atoms with Crippen molar-refractivity contribution in [3.05, 3.63) is 64.3 Å². The lowest BCUT2D eigenvalue weighted by atomic mass is 10.1. The molecule has 0 saturated carbocycles. The maximum Gasteiger partial charge on any atom is 0.351 e. The van der Waals surface area contributed by atoms with Gasteiger partial charge in [-0.05, 0) is 41.8 Å². The van der Waals surface area contributed by atoms with Gasteiger partial charge in [0.2, 0.25) is 6.79 Å². The highest BCUT2D eigenvalue weighted by molar-refractivity contribution is 5.87. The number of ether oxygens (including phenoxy) is 2. The van der Waals surface area contributed by atoms with E-state index in [4.69, 9.17) is 9.47 Å². The molecule has 3 aromatic heterocycles. The van der Waals surface area contributed by atoms with Crippen LogP contribution in [-0.2, 0) is 13.0 Å². The second-order valence-electron chi connectivity index (χ2n) is 6.24. The summed E-state index contributed by atoms with van der Waals surface area (Å²) in [5, 5.41) is 5.53. The summed E-state index contributed by atoms with van der Waals surface area (Å²) < 4.78 is 14.1. The van der Waals surface area contributed by atoms with Crippen molar-refractivity contribution in [3.8, 4) is 11.5 Å². The first kappa shape index (κ1) is 14.9. The summed E-state index contributed by atoms with van der Waals surface area (Å²) in [4.78, 5) is 17.1. The lowest BCUT2D eigenvalue weighted by Gasteiger charge is -2.06. The molecule has 0 amide bonds. The number of benzene rings is 1. The third kappa shape index (κ3) is 2.17. The van der Waals surface area contributed by atoms with E-state index in [1.807, 2.05) is 24.3 Å². The van der Waals surface area contributed by atoms with Crippen LogP contribution in [0.25, 0.3) is 16.6 Å². The molecule has 1 aliphatic heterocycles. The third-order valence-electron chi connectivity index (χ3n) is 4.68. The average molecular weight is 348 g/mol. The van der Waals surface area contributed by atoms with Gasteiger partial charge in [-0.2, -0.15) is 0 Å². The number of rotatable bonds is 3. The van der Waals surface area contributed by atoms with E-state index < -0.39 is 0 Å². The lowest BCUT2D eigenvalue weighted by molar-refractivity contribution is 0.174. The van der Waals surface area contributed by atoms with E-state index >= 15 is 0 Å². The van der Waals surface area contributed by atoms with Crippen LogP contribution in [0.15, 0.2) is 47.5 Å². The smallest absolute Gasteiger partial charge is 0.351 e. The van der Waals surface area contributed by atoms with Crippen LogP contribution in [0.2, 0.25) is 0 Å². The van der Waals surface area contributed by atoms with Gasteiger partial charge in [-0.25, -0.2) is 13.9 Å². The number of aryl methyl sites for hydroxylation is 1. The molecule has 0 spiro atoms. The highest BCUT2D eigenvalue weighted by Crippen LogP contribution is 2.36. The van der Waals surface area contributed by atoms with Gasteiger partial charge in [0, 0.05) is 23.8 Å².